The molecule has 0 amide bonds. The molecule has 2 aromatic carbocycles. The molecule has 24 heavy (non-hydrogen) atoms. The van der Waals surface area contributed by atoms with Crippen LogP contribution in [0.1, 0.15) is 5.56 Å². The van der Waals surface area contributed by atoms with Gasteiger partial charge in [0.2, 0.25) is 5.95 Å². The molecular formula is C17H16N4O3. The van der Waals surface area contributed by atoms with Gasteiger partial charge in [-0.05, 0) is 6.07 Å². The van der Waals surface area contributed by atoms with Gasteiger partial charge in [-0.2, -0.15) is 0 Å². The zero-order valence-corrected chi connectivity index (χ0v) is 13.0. The van der Waals surface area contributed by atoms with Crippen LogP contribution in [0.15, 0.2) is 54.7 Å². The van der Waals surface area contributed by atoms with E-state index in [-0.39, 0.29) is 11.4 Å². The zero-order valence-electron chi connectivity index (χ0n) is 13.0. The molecule has 7 nitrogen and oxygen atoms in total. The largest absolute Gasteiger partial charge is 0.508 e. The van der Waals surface area contributed by atoms with E-state index in [1.165, 1.54) is 12.1 Å². The number of rotatable bonds is 5. The topological polar surface area (TPSA) is 93.2 Å². The molecule has 0 bridgehead atoms. The number of non-ortho nitro benzene ring substituents is 1. The van der Waals surface area contributed by atoms with Gasteiger partial charge in [-0.15, -0.1) is 0 Å². The van der Waals surface area contributed by atoms with Gasteiger partial charge in [0.1, 0.15) is 5.75 Å². The van der Waals surface area contributed by atoms with Crippen LogP contribution >= 0.6 is 0 Å². The number of nitrogens with one attached hydrogen (secondary N) is 1. The highest BCUT2D eigenvalue weighted by Crippen LogP contribution is 2.26. The second-order valence-corrected chi connectivity index (χ2v) is 5.32. The van der Waals surface area contributed by atoms with Gasteiger partial charge in [0, 0.05) is 36.9 Å². The Morgan fingerprint density at radius 1 is 1.25 bits per heavy atom. The number of hydrogen-bond donors (Lipinski definition) is 2. The molecule has 122 valence electrons. The predicted octanol–water partition coefficient (Wildman–Crippen LogP) is 3.31. The molecule has 3 rings (SSSR count). The Labute approximate surface area is 138 Å². The fourth-order valence-electron chi connectivity index (χ4n) is 2.46. The highest BCUT2D eigenvalue weighted by Gasteiger charge is 2.12. The van der Waals surface area contributed by atoms with E-state index in [0.717, 1.165) is 16.8 Å². The van der Waals surface area contributed by atoms with Crippen LogP contribution in [-0.2, 0) is 13.6 Å². The lowest BCUT2D eigenvalue weighted by Gasteiger charge is -2.09. The second-order valence-electron chi connectivity index (χ2n) is 5.32. The summed E-state index contributed by atoms with van der Waals surface area (Å²) in [7, 11) is 1.83. The first-order chi connectivity index (χ1) is 11.6. The molecule has 0 radical (unpaired) electrons. The third kappa shape index (κ3) is 3.05. The molecule has 1 aromatic heterocycles. The van der Waals surface area contributed by atoms with Crippen LogP contribution in [0.5, 0.6) is 5.75 Å². The summed E-state index contributed by atoms with van der Waals surface area (Å²) in [5.41, 5.74) is 2.28. The van der Waals surface area contributed by atoms with E-state index in [2.05, 4.69) is 10.3 Å². The number of nitro benzene ring substituents is 1. The molecule has 0 unspecified atom stereocenters. The molecule has 3 aromatic rings. The number of nitrogens with zero attached hydrogens (tertiary/aromatic N) is 3. The number of anilines is 1. The SMILES string of the molecule is Cn1c(-c2cccc([N+](=O)[O-])c2)cnc1NCc1ccccc1O. The third-order valence-electron chi connectivity index (χ3n) is 3.77. The summed E-state index contributed by atoms with van der Waals surface area (Å²) in [6, 6.07) is 13.5. The highest BCUT2D eigenvalue weighted by atomic mass is 16.6. The molecule has 7 heteroatoms. The number of imidazole rings is 1. The number of benzene rings is 2. The van der Waals surface area contributed by atoms with Crippen LogP contribution in [0.25, 0.3) is 11.3 Å². The van der Waals surface area contributed by atoms with Gasteiger partial charge in [0.15, 0.2) is 0 Å². The van der Waals surface area contributed by atoms with Crippen LogP contribution in [-0.4, -0.2) is 19.6 Å². The first-order valence-electron chi connectivity index (χ1n) is 7.33. The molecule has 0 aliphatic carbocycles. The number of nitro groups is 1. The minimum atomic E-state index is -0.419. The minimum Gasteiger partial charge on any atom is -0.508 e. The van der Waals surface area contributed by atoms with E-state index in [4.69, 9.17) is 0 Å². The molecule has 0 saturated heterocycles. The first-order valence-corrected chi connectivity index (χ1v) is 7.33. The van der Waals surface area contributed by atoms with Gasteiger partial charge in [0.05, 0.1) is 16.8 Å². The zero-order chi connectivity index (χ0) is 17.1. The summed E-state index contributed by atoms with van der Waals surface area (Å²) in [6.45, 7) is 0.423. The Balaban J connectivity index is 1.83. The van der Waals surface area contributed by atoms with E-state index in [9.17, 15) is 15.2 Å². The second kappa shape index (κ2) is 6.41. The Bertz CT molecular complexity index is 889. The van der Waals surface area contributed by atoms with Crippen molar-refractivity contribution in [3.05, 3.63) is 70.4 Å². The molecule has 0 spiro atoms. The van der Waals surface area contributed by atoms with Crippen LogP contribution in [0, 0.1) is 10.1 Å². The third-order valence-corrected chi connectivity index (χ3v) is 3.77. The number of aromatic hydroxyl groups is 1. The normalized spacial score (nSPS) is 10.5. The molecule has 0 fully saturated rings. The maximum Gasteiger partial charge on any atom is 0.270 e. The fourth-order valence-corrected chi connectivity index (χ4v) is 2.46. The Morgan fingerprint density at radius 2 is 2.04 bits per heavy atom. The Morgan fingerprint density at radius 3 is 2.79 bits per heavy atom. The number of hydrogen-bond acceptors (Lipinski definition) is 5. The van der Waals surface area contributed by atoms with Crippen molar-refractivity contribution < 1.29 is 10.0 Å². The predicted molar refractivity (Wildman–Crippen MR) is 90.7 cm³/mol. The average molecular weight is 324 g/mol. The summed E-state index contributed by atoms with van der Waals surface area (Å²) >= 11 is 0. The summed E-state index contributed by atoms with van der Waals surface area (Å²) < 4.78 is 1.82. The van der Waals surface area contributed by atoms with Crippen molar-refractivity contribution >= 4 is 11.6 Å². The number of aromatic nitrogens is 2. The van der Waals surface area contributed by atoms with Crippen LogP contribution in [0.2, 0.25) is 0 Å². The van der Waals surface area contributed by atoms with Crippen molar-refractivity contribution in [3.63, 3.8) is 0 Å². The van der Waals surface area contributed by atoms with Gasteiger partial charge < -0.3 is 15.0 Å². The van der Waals surface area contributed by atoms with E-state index in [0.29, 0.717) is 12.5 Å². The van der Waals surface area contributed by atoms with Crippen LogP contribution in [0.4, 0.5) is 11.6 Å². The lowest BCUT2D eigenvalue weighted by molar-refractivity contribution is -0.384. The lowest BCUT2D eigenvalue weighted by atomic mass is 10.1. The molecule has 1 heterocycles. The summed E-state index contributed by atoms with van der Waals surface area (Å²) in [5.74, 6) is 0.831. The van der Waals surface area contributed by atoms with Gasteiger partial charge in [0.25, 0.3) is 5.69 Å². The van der Waals surface area contributed by atoms with Crippen molar-refractivity contribution in [2.45, 2.75) is 6.54 Å². The standard InChI is InChI=1S/C17H16N4O3/c1-20-15(12-6-4-7-14(9-12)21(23)24)11-19-17(20)18-10-13-5-2-3-8-16(13)22/h2-9,11,22H,10H2,1H3,(H,18,19). The minimum absolute atomic E-state index is 0.0393. The van der Waals surface area contributed by atoms with Crippen molar-refractivity contribution in [1.29, 1.82) is 0 Å². The van der Waals surface area contributed by atoms with Crippen LogP contribution in [0.3, 0.4) is 0 Å². The quantitative estimate of drug-likeness (QED) is 0.555. The van der Waals surface area contributed by atoms with E-state index in [1.54, 1.807) is 30.5 Å². The molecule has 0 atom stereocenters. The Kier molecular flexibility index (Phi) is 4.15. The molecule has 2 N–H and O–H groups in total. The number of phenols is 1. The summed E-state index contributed by atoms with van der Waals surface area (Å²) in [6.07, 6.45) is 1.66. The van der Waals surface area contributed by atoms with E-state index in [1.807, 2.05) is 23.7 Å². The summed E-state index contributed by atoms with van der Waals surface area (Å²) in [4.78, 5) is 14.8. The maximum atomic E-state index is 10.9. The maximum absolute atomic E-state index is 10.9. The molecule has 0 aliphatic rings. The van der Waals surface area contributed by atoms with Crippen molar-refractivity contribution in [2.24, 2.45) is 7.05 Å². The molecular weight excluding hydrogens is 308 g/mol. The molecule has 0 aliphatic heterocycles. The van der Waals surface area contributed by atoms with Crippen molar-refractivity contribution in [1.82, 2.24) is 9.55 Å². The summed E-state index contributed by atoms with van der Waals surface area (Å²) in [5, 5.41) is 23.9. The number of phenolic OH excluding ortho intramolecular Hbond substituents is 1. The van der Waals surface area contributed by atoms with E-state index < -0.39 is 4.92 Å². The van der Waals surface area contributed by atoms with Gasteiger partial charge in [-0.3, -0.25) is 10.1 Å². The van der Waals surface area contributed by atoms with E-state index >= 15 is 0 Å². The molecule has 0 saturated carbocycles. The van der Waals surface area contributed by atoms with Gasteiger partial charge in [-0.1, -0.05) is 30.3 Å². The van der Waals surface area contributed by atoms with Crippen LogP contribution < -0.4 is 5.32 Å². The van der Waals surface area contributed by atoms with Gasteiger partial charge >= 0.3 is 0 Å². The van der Waals surface area contributed by atoms with Gasteiger partial charge in [-0.25, -0.2) is 4.98 Å². The van der Waals surface area contributed by atoms with Crippen molar-refractivity contribution in [3.8, 4) is 17.0 Å². The average Bonchev–Trinajstić information content (AvgIpc) is 2.95. The highest BCUT2D eigenvalue weighted by molar-refractivity contribution is 5.64. The first kappa shape index (κ1) is 15.5. The van der Waals surface area contributed by atoms with Crippen molar-refractivity contribution in [2.75, 3.05) is 5.32 Å². The smallest absolute Gasteiger partial charge is 0.270 e. The monoisotopic (exact) mass is 324 g/mol. The fraction of sp³-hybridized carbons (Fsp3) is 0.118. The number of para-hydroxylation sites is 1. The lowest BCUT2D eigenvalue weighted by Crippen LogP contribution is -2.05. The Hall–Kier alpha value is -3.35.